The van der Waals surface area contributed by atoms with E-state index in [9.17, 15) is 23.7 Å². The van der Waals surface area contributed by atoms with Gasteiger partial charge >= 0.3 is 6.55 Å². The van der Waals surface area contributed by atoms with E-state index in [1.54, 1.807) is 24.3 Å². The maximum Gasteiger partial charge on any atom is 0.333 e. The largest absolute Gasteiger partial charge is 0.457 e. The van der Waals surface area contributed by atoms with Crippen molar-refractivity contribution in [3.63, 3.8) is 0 Å². The van der Waals surface area contributed by atoms with Gasteiger partial charge in [0, 0.05) is 18.3 Å². The number of aromatic nitrogens is 2. The zero-order chi connectivity index (χ0) is 20.3. The molecular weight excluding hydrogens is 374 g/mol. The van der Waals surface area contributed by atoms with Crippen LogP contribution in [0.5, 0.6) is 11.5 Å². The SMILES string of the molecule is Cc1ccc(Oc2cc(NC(=O)c3ccnn3C(F)F)cc([N+](=O)[O-])c2)cc1. The number of halogens is 2. The van der Waals surface area contributed by atoms with Crippen molar-refractivity contribution < 1.29 is 23.2 Å². The summed E-state index contributed by atoms with van der Waals surface area (Å²) in [6.07, 6.45) is 1.06. The number of benzene rings is 2. The number of alkyl halides is 2. The summed E-state index contributed by atoms with van der Waals surface area (Å²) in [5, 5.41) is 16.9. The van der Waals surface area contributed by atoms with E-state index in [4.69, 9.17) is 4.74 Å². The summed E-state index contributed by atoms with van der Waals surface area (Å²) in [4.78, 5) is 22.8. The monoisotopic (exact) mass is 388 g/mol. The standard InChI is InChI=1S/C18H14F2N4O4/c1-11-2-4-14(5-3-11)28-15-9-12(8-13(10-15)24(26)27)22-17(25)16-6-7-21-23(16)18(19)20/h2-10,18H,1H3,(H,22,25). The summed E-state index contributed by atoms with van der Waals surface area (Å²) in [5.41, 5.74) is 0.308. The molecule has 10 heteroatoms. The second kappa shape index (κ2) is 7.82. The van der Waals surface area contributed by atoms with Crippen LogP contribution < -0.4 is 10.1 Å². The van der Waals surface area contributed by atoms with Crippen molar-refractivity contribution >= 4 is 17.3 Å². The zero-order valence-electron chi connectivity index (χ0n) is 14.5. The van der Waals surface area contributed by atoms with E-state index < -0.39 is 17.4 Å². The van der Waals surface area contributed by atoms with Crippen molar-refractivity contribution in [3.8, 4) is 11.5 Å². The van der Waals surface area contributed by atoms with Crippen molar-refractivity contribution in [2.75, 3.05) is 5.32 Å². The number of nitro groups is 1. The second-order valence-corrected chi connectivity index (χ2v) is 5.78. The number of non-ortho nitro benzene ring substituents is 1. The molecule has 0 aliphatic rings. The van der Waals surface area contributed by atoms with Gasteiger partial charge in [0.15, 0.2) is 0 Å². The Morgan fingerprint density at radius 2 is 1.89 bits per heavy atom. The molecule has 0 fully saturated rings. The molecule has 1 aromatic heterocycles. The van der Waals surface area contributed by atoms with Crippen molar-refractivity contribution in [3.05, 3.63) is 76.1 Å². The highest BCUT2D eigenvalue weighted by Crippen LogP contribution is 2.30. The molecule has 0 saturated carbocycles. The Bertz CT molecular complexity index is 1020. The molecular formula is C18H14F2N4O4. The van der Waals surface area contributed by atoms with Crippen LogP contribution in [-0.2, 0) is 0 Å². The minimum atomic E-state index is -3.00. The summed E-state index contributed by atoms with van der Waals surface area (Å²) in [6, 6.07) is 11.8. The summed E-state index contributed by atoms with van der Waals surface area (Å²) in [6.45, 7) is -1.10. The van der Waals surface area contributed by atoms with E-state index in [1.165, 1.54) is 12.1 Å². The third-order valence-electron chi connectivity index (χ3n) is 3.70. The molecule has 3 rings (SSSR count). The molecule has 0 bridgehead atoms. The van der Waals surface area contributed by atoms with Gasteiger partial charge < -0.3 is 10.1 Å². The first kappa shape index (κ1) is 19.0. The molecule has 0 atom stereocenters. The number of nitrogens with one attached hydrogen (secondary N) is 1. The van der Waals surface area contributed by atoms with E-state index in [2.05, 4.69) is 10.4 Å². The molecule has 0 aliphatic heterocycles. The maximum absolute atomic E-state index is 12.9. The van der Waals surface area contributed by atoms with E-state index in [0.717, 1.165) is 23.9 Å². The van der Waals surface area contributed by atoms with Gasteiger partial charge in [-0.1, -0.05) is 17.7 Å². The number of aryl methyl sites for hydroxylation is 1. The lowest BCUT2D eigenvalue weighted by molar-refractivity contribution is -0.384. The fourth-order valence-corrected chi connectivity index (χ4v) is 2.41. The Kier molecular flexibility index (Phi) is 5.30. The highest BCUT2D eigenvalue weighted by molar-refractivity contribution is 6.03. The molecule has 144 valence electrons. The molecule has 0 unspecified atom stereocenters. The van der Waals surface area contributed by atoms with Crippen LogP contribution in [0.15, 0.2) is 54.7 Å². The maximum atomic E-state index is 12.9. The van der Waals surface area contributed by atoms with E-state index >= 15 is 0 Å². The number of carbonyl (C=O) groups excluding carboxylic acids is 1. The number of amides is 1. The minimum Gasteiger partial charge on any atom is -0.457 e. The summed E-state index contributed by atoms with van der Waals surface area (Å²) in [5.74, 6) is -0.338. The first-order chi connectivity index (χ1) is 13.3. The van der Waals surface area contributed by atoms with Crippen LogP contribution in [0.3, 0.4) is 0 Å². The van der Waals surface area contributed by atoms with Crippen LogP contribution in [0.4, 0.5) is 20.2 Å². The molecule has 0 spiro atoms. The van der Waals surface area contributed by atoms with Crippen LogP contribution in [0, 0.1) is 17.0 Å². The molecule has 1 N–H and O–H groups in total. The number of nitro benzene ring substituents is 1. The van der Waals surface area contributed by atoms with E-state index in [-0.39, 0.29) is 27.5 Å². The van der Waals surface area contributed by atoms with Gasteiger partial charge in [-0.15, -0.1) is 0 Å². The molecule has 3 aromatic rings. The summed E-state index contributed by atoms with van der Waals surface area (Å²) in [7, 11) is 0. The molecule has 1 heterocycles. The number of hydrogen-bond donors (Lipinski definition) is 1. The van der Waals surface area contributed by atoms with Crippen LogP contribution in [0.2, 0.25) is 0 Å². The second-order valence-electron chi connectivity index (χ2n) is 5.78. The van der Waals surface area contributed by atoms with Gasteiger partial charge in [-0.05, 0) is 25.1 Å². The smallest absolute Gasteiger partial charge is 0.333 e. The average molecular weight is 388 g/mol. The normalized spacial score (nSPS) is 10.7. The minimum absolute atomic E-state index is 0.0170. The van der Waals surface area contributed by atoms with Crippen molar-refractivity contribution in [1.82, 2.24) is 9.78 Å². The Balaban J connectivity index is 1.88. The molecule has 0 saturated heterocycles. The summed E-state index contributed by atoms with van der Waals surface area (Å²) < 4.78 is 31.6. The topological polar surface area (TPSA) is 99.3 Å². The van der Waals surface area contributed by atoms with E-state index in [0.29, 0.717) is 5.75 Å². The van der Waals surface area contributed by atoms with Crippen LogP contribution in [0.25, 0.3) is 0 Å². The fraction of sp³-hybridized carbons (Fsp3) is 0.111. The van der Waals surface area contributed by atoms with Crippen molar-refractivity contribution in [2.45, 2.75) is 13.5 Å². The third-order valence-corrected chi connectivity index (χ3v) is 3.70. The summed E-state index contributed by atoms with van der Waals surface area (Å²) >= 11 is 0. The molecule has 28 heavy (non-hydrogen) atoms. The van der Waals surface area contributed by atoms with Gasteiger partial charge in [0.2, 0.25) is 0 Å². The average Bonchev–Trinajstić information content (AvgIpc) is 3.14. The number of rotatable bonds is 6. The molecule has 0 radical (unpaired) electrons. The lowest BCUT2D eigenvalue weighted by Gasteiger charge is -2.10. The van der Waals surface area contributed by atoms with E-state index in [1.807, 2.05) is 6.92 Å². The molecule has 1 amide bonds. The molecule has 8 nitrogen and oxygen atoms in total. The first-order valence-electron chi connectivity index (χ1n) is 8.00. The van der Waals surface area contributed by atoms with Gasteiger partial charge in [-0.25, -0.2) is 0 Å². The van der Waals surface area contributed by atoms with Crippen LogP contribution in [-0.4, -0.2) is 20.6 Å². The first-order valence-corrected chi connectivity index (χ1v) is 8.00. The van der Waals surface area contributed by atoms with Gasteiger partial charge in [0.05, 0.1) is 16.7 Å². The van der Waals surface area contributed by atoms with Crippen LogP contribution in [0.1, 0.15) is 22.6 Å². The van der Waals surface area contributed by atoms with Gasteiger partial charge in [-0.3, -0.25) is 14.9 Å². The van der Waals surface area contributed by atoms with Gasteiger partial charge in [-0.2, -0.15) is 18.6 Å². The zero-order valence-corrected chi connectivity index (χ0v) is 14.5. The fourth-order valence-electron chi connectivity index (χ4n) is 2.41. The Morgan fingerprint density at radius 1 is 1.18 bits per heavy atom. The molecule has 2 aromatic carbocycles. The number of ether oxygens (including phenoxy) is 1. The van der Waals surface area contributed by atoms with Gasteiger partial charge in [0.25, 0.3) is 11.6 Å². The predicted molar refractivity (Wildman–Crippen MR) is 95.8 cm³/mol. The Morgan fingerprint density at radius 3 is 2.54 bits per heavy atom. The Labute approximate surface area is 157 Å². The van der Waals surface area contributed by atoms with Crippen molar-refractivity contribution in [2.24, 2.45) is 0 Å². The lowest BCUT2D eigenvalue weighted by Crippen LogP contribution is -2.18. The number of carbonyl (C=O) groups is 1. The van der Waals surface area contributed by atoms with Gasteiger partial charge in [0.1, 0.15) is 17.2 Å². The van der Waals surface area contributed by atoms with Crippen LogP contribution >= 0.6 is 0 Å². The lowest BCUT2D eigenvalue weighted by atomic mass is 10.2. The number of anilines is 1. The predicted octanol–water partition coefficient (Wildman–Crippen LogP) is 4.54. The third kappa shape index (κ3) is 4.29. The number of nitrogens with zero attached hydrogens (tertiary/aromatic N) is 3. The quantitative estimate of drug-likeness (QED) is 0.494. The van der Waals surface area contributed by atoms with Crippen molar-refractivity contribution in [1.29, 1.82) is 0 Å². The highest BCUT2D eigenvalue weighted by Gasteiger charge is 2.19. The number of hydrogen-bond acceptors (Lipinski definition) is 5. The Hall–Kier alpha value is -3.82. The highest BCUT2D eigenvalue weighted by atomic mass is 19.3. The molecule has 0 aliphatic carbocycles.